The summed E-state index contributed by atoms with van der Waals surface area (Å²) in [4.78, 5) is 5.03. The molecule has 3 aromatic heterocycles. The van der Waals surface area contributed by atoms with Gasteiger partial charge in [0.15, 0.2) is 0 Å². The van der Waals surface area contributed by atoms with E-state index >= 15 is 0 Å². The number of nitrogens with one attached hydrogen (secondary N) is 1. The normalized spacial score (nSPS) is 14.8. The monoisotopic (exact) mass is 677 g/mol. The quantitative estimate of drug-likeness (QED) is 0.213. The second kappa shape index (κ2) is 18.6. The van der Waals surface area contributed by atoms with Gasteiger partial charge in [-0.25, -0.2) is 0 Å². The topological polar surface area (TPSA) is 12.0 Å². The van der Waals surface area contributed by atoms with Crippen LogP contribution in [0.2, 0.25) is 0 Å². The average Bonchev–Trinajstić information content (AvgIpc) is 3.65. The minimum absolute atomic E-state index is 0.896. The van der Waals surface area contributed by atoms with Gasteiger partial charge in [-0.2, -0.15) is 0 Å². The van der Waals surface area contributed by atoms with Gasteiger partial charge in [0.2, 0.25) is 0 Å². The Morgan fingerprint density at radius 1 is 0.936 bits per heavy atom. The third-order valence-corrected chi connectivity index (χ3v) is 11.2. The minimum atomic E-state index is 0.896. The fourth-order valence-corrected chi connectivity index (χ4v) is 9.38. The molecule has 1 aliphatic carbocycles. The number of allylic oxidation sites excluding steroid dienone is 8. The lowest BCUT2D eigenvalue weighted by molar-refractivity contribution is 1.17. The first-order valence-electron chi connectivity index (χ1n) is 16.6. The molecule has 0 saturated heterocycles. The Bertz CT molecular complexity index is 2010. The molecular formula is C43H51NS3. The molecule has 0 radical (unpaired) electrons. The highest BCUT2D eigenvalue weighted by molar-refractivity contribution is 7.15. The molecule has 0 spiro atoms. The van der Waals surface area contributed by atoms with Crippen LogP contribution in [0.5, 0.6) is 0 Å². The number of thiophene rings is 3. The van der Waals surface area contributed by atoms with Crippen LogP contribution < -0.4 is 24.8 Å². The van der Waals surface area contributed by atoms with Crippen LogP contribution in [0, 0.1) is 0 Å². The molecule has 0 saturated carbocycles. The summed E-state index contributed by atoms with van der Waals surface area (Å²) in [6.45, 7) is 27.6. The van der Waals surface area contributed by atoms with Crippen molar-refractivity contribution in [2.45, 2.75) is 67.7 Å². The molecule has 1 nitrogen and oxygen atoms in total. The van der Waals surface area contributed by atoms with E-state index in [-0.39, 0.29) is 0 Å². The summed E-state index contributed by atoms with van der Waals surface area (Å²) in [7, 11) is 1.98. The van der Waals surface area contributed by atoms with Crippen molar-refractivity contribution in [2.75, 3.05) is 7.05 Å². The maximum Gasteiger partial charge on any atom is 0.0449 e. The van der Waals surface area contributed by atoms with Crippen LogP contribution in [-0.2, 0) is 0 Å². The van der Waals surface area contributed by atoms with E-state index < -0.39 is 0 Å². The third kappa shape index (κ3) is 8.24. The van der Waals surface area contributed by atoms with Gasteiger partial charge in [-0.3, -0.25) is 0 Å². The highest BCUT2D eigenvalue weighted by Crippen LogP contribution is 2.43. The Hall–Kier alpha value is -3.70. The molecule has 1 aliphatic rings. The molecule has 0 unspecified atom stereocenters. The van der Waals surface area contributed by atoms with Crippen molar-refractivity contribution in [3.05, 3.63) is 123 Å². The van der Waals surface area contributed by atoms with E-state index in [1.165, 1.54) is 67.2 Å². The van der Waals surface area contributed by atoms with E-state index in [2.05, 4.69) is 133 Å². The van der Waals surface area contributed by atoms with Crippen molar-refractivity contribution in [2.24, 2.45) is 0 Å². The van der Waals surface area contributed by atoms with Crippen molar-refractivity contribution < 1.29 is 0 Å². The molecule has 0 aromatic carbocycles. The molecule has 0 amide bonds. The number of fused-ring (bicyclic) bond motifs is 1. The molecule has 246 valence electrons. The first-order chi connectivity index (χ1) is 22.9. The summed E-state index contributed by atoms with van der Waals surface area (Å²) >= 11 is 5.51. The minimum Gasteiger partial charge on any atom is -0.393 e. The number of hydrogen-bond acceptors (Lipinski definition) is 4. The lowest BCUT2D eigenvalue weighted by Gasteiger charge is -2.11. The van der Waals surface area contributed by atoms with Crippen LogP contribution >= 0.6 is 34.0 Å². The second-order valence-corrected chi connectivity index (χ2v) is 13.9. The van der Waals surface area contributed by atoms with Gasteiger partial charge in [-0.1, -0.05) is 114 Å². The second-order valence-electron chi connectivity index (χ2n) is 10.8. The Labute approximate surface area is 295 Å². The summed E-state index contributed by atoms with van der Waals surface area (Å²) in [6, 6.07) is 0. The third-order valence-electron chi connectivity index (χ3n) is 7.52. The van der Waals surface area contributed by atoms with E-state index in [1.54, 1.807) is 11.3 Å². The van der Waals surface area contributed by atoms with Crippen LogP contribution in [0.25, 0.3) is 60.4 Å². The van der Waals surface area contributed by atoms with Crippen LogP contribution in [0.3, 0.4) is 0 Å². The smallest absolute Gasteiger partial charge is 0.0449 e. The van der Waals surface area contributed by atoms with Crippen LogP contribution in [0.15, 0.2) is 61.3 Å². The molecule has 0 bridgehead atoms. The van der Waals surface area contributed by atoms with Gasteiger partial charge in [-0.15, -0.1) is 34.0 Å². The van der Waals surface area contributed by atoms with Gasteiger partial charge in [0.25, 0.3) is 0 Å². The zero-order valence-electron chi connectivity index (χ0n) is 29.6. The van der Waals surface area contributed by atoms with Crippen molar-refractivity contribution >= 4 is 94.4 Å². The van der Waals surface area contributed by atoms with E-state index in [1.807, 2.05) is 55.7 Å². The Balaban J connectivity index is 0.00000294. The molecule has 1 N–H and O–H groups in total. The van der Waals surface area contributed by atoms with Crippen molar-refractivity contribution in [3.8, 4) is 0 Å². The molecule has 0 aliphatic heterocycles. The number of rotatable bonds is 11. The molecule has 3 heterocycles. The van der Waals surface area contributed by atoms with Crippen molar-refractivity contribution in [3.63, 3.8) is 0 Å². The van der Waals surface area contributed by atoms with Crippen LogP contribution in [0.4, 0.5) is 0 Å². The van der Waals surface area contributed by atoms with Gasteiger partial charge >= 0.3 is 0 Å². The van der Waals surface area contributed by atoms with Gasteiger partial charge in [0.1, 0.15) is 0 Å². The van der Waals surface area contributed by atoms with Gasteiger partial charge in [-0.05, 0) is 80.2 Å². The lowest BCUT2D eigenvalue weighted by atomic mass is 9.95. The summed E-state index contributed by atoms with van der Waals surface area (Å²) in [5.41, 5.74) is 8.81. The summed E-state index contributed by atoms with van der Waals surface area (Å²) < 4.78 is 2.36. The van der Waals surface area contributed by atoms with Crippen LogP contribution in [-0.4, -0.2) is 7.05 Å². The highest BCUT2D eigenvalue weighted by atomic mass is 32.1. The van der Waals surface area contributed by atoms with E-state index in [9.17, 15) is 0 Å². The molecule has 4 heteroatoms. The Morgan fingerprint density at radius 2 is 1.62 bits per heavy atom. The predicted octanol–water partition coefficient (Wildman–Crippen LogP) is 10.8. The Morgan fingerprint density at radius 3 is 2.21 bits per heavy atom. The molecule has 0 fully saturated rings. The van der Waals surface area contributed by atoms with Gasteiger partial charge in [0, 0.05) is 63.7 Å². The average molecular weight is 678 g/mol. The van der Waals surface area contributed by atoms with Crippen molar-refractivity contribution in [1.82, 2.24) is 5.32 Å². The summed E-state index contributed by atoms with van der Waals surface area (Å²) in [6.07, 6.45) is 33.6. The Kier molecular flexibility index (Phi) is 14.9. The summed E-state index contributed by atoms with van der Waals surface area (Å²) in [5.74, 6) is 0. The molecule has 3 aromatic rings. The zero-order chi connectivity index (χ0) is 34.5. The molecule has 4 rings (SSSR count). The lowest BCUT2D eigenvalue weighted by Crippen LogP contribution is -2.25. The molecular weight excluding hydrogens is 627 g/mol. The fourth-order valence-electron chi connectivity index (χ4n) is 5.52. The SMILES string of the molecule is C=C/C=c1/sc(C(/C=C\CC)=c2\sc(/C=C\C)c(C=C)c2=C)c(C2=CCC(C)=Cc3c2sc(/C=C\C)c3/C=C\CC)/c1=C/NC.CC. The van der Waals surface area contributed by atoms with Gasteiger partial charge in [0.05, 0.1) is 0 Å². The van der Waals surface area contributed by atoms with E-state index in [0.29, 0.717) is 0 Å². The van der Waals surface area contributed by atoms with Crippen LogP contribution in [0.1, 0.15) is 109 Å². The summed E-state index contributed by atoms with van der Waals surface area (Å²) in [5, 5.41) is 5.58. The van der Waals surface area contributed by atoms with E-state index in [0.717, 1.165) is 30.0 Å². The predicted molar refractivity (Wildman–Crippen MR) is 223 cm³/mol. The first-order valence-corrected chi connectivity index (χ1v) is 19.1. The highest BCUT2D eigenvalue weighted by Gasteiger charge is 2.25. The first kappa shape index (κ1) is 37.8. The van der Waals surface area contributed by atoms with Crippen molar-refractivity contribution in [1.29, 1.82) is 0 Å². The standard InChI is InChI=1S/C41H45NS3.C2H6/c1-10-16-21-30-33-25-27(7)23-24-31(40(33)44-36(30)19-13-4)38-34(26-42-9)37(20-14-5)45-41(38)32(22-17-11-2)39-28(8)29(15-6)35(43-39)18-12-3;1-2/h12-22,24-26,42H,5-6,8,10-11,23H2,1-4,7,9H3;1-2H3/b18-12-,19-13-,21-16-,22-17-,34-26+,37-20+,39-32-;. The number of hydrogen-bond donors (Lipinski definition) is 1. The largest absolute Gasteiger partial charge is 0.393 e. The molecule has 0 atom stereocenters. The molecule has 47 heavy (non-hydrogen) atoms. The van der Waals surface area contributed by atoms with E-state index in [4.69, 9.17) is 0 Å². The maximum absolute atomic E-state index is 4.59. The zero-order valence-corrected chi connectivity index (χ0v) is 32.0. The van der Waals surface area contributed by atoms with Gasteiger partial charge < -0.3 is 5.32 Å². The maximum atomic E-state index is 4.59. The fraction of sp³-hybridized carbons (Fsp3) is 0.256.